The minimum absolute atomic E-state index is 0.0247. The number of ether oxygens (including phenoxy) is 1. The van der Waals surface area contributed by atoms with Crippen LogP contribution < -0.4 is 15.4 Å². The summed E-state index contributed by atoms with van der Waals surface area (Å²) in [6.45, 7) is 0.418. The molecule has 0 radical (unpaired) electrons. The van der Waals surface area contributed by atoms with E-state index in [-0.39, 0.29) is 24.8 Å². The second-order valence-corrected chi connectivity index (χ2v) is 4.94. The van der Waals surface area contributed by atoms with Crippen LogP contribution in [0.1, 0.15) is 11.3 Å². The first-order chi connectivity index (χ1) is 10.7. The molecule has 22 heavy (non-hydrogen) atoms. The molecular formula is C16H15N3O3. The van der Waals surface area contributed by atoms with Crippen molar-refractivity contribution in [3.63, 3.8) is 0 Å². The first-order valence-corrected chi connectivity index (χ1v) is 6.93. The van der Waals surface area contributed by atoms with E-state index in [0.29, 0.717) is 18.0 Å². The molecule has 0 spiro atoms. The molecule has 3 rings (SSSR count). The van der Waals surface area contributed by atoms with Gasteiger partial charge >= 0.3 is 0 Å². The first-order valence-electron chi connectivity index (χ1n) is 6.93. The summed E-state index contributed by atoms with van der Waals surface area (Å²) >= 11 is 0. The van der Waals surface area contributed by atoms with Crippen molar-refractivity contribution in [1.82, 2.24) is 10.3 Å². The van der Waals surface area contributed by atoms with E-state index in [4.69, 9.17) is 4.74 Å². The van der Waals surface area contributed by atoms with Gasteiger partial charge in [0.15, 0.2) is 6.61 Å². The number of benzene rings is 1. The van der Waals surface area contributed by atoms with Gasteiger partial charge in [0.05, 0.1) is 24.3 Å². The molecule has 0 saturated carbocycles. The van der Waals surface area contributed by atoms with Gasteiger partial charge in [-0.05, 0) is 29.8 Å². The molecule has 0 unspecified atom stereocenters. The monoisotopic (exact) mass is 297 g/mol. The molecule has 2 amide bonds. The Morgan fingerprint density at radius 1 is 1.32 bits per heavy atom. The largest absolute Gasteiger partial charge is 0.482 e. The number of carbonyl (C=O) groups is 2. The Hall–Kier alpha value is -2.89. The molecule has 2 aromatic rings. The number of aromatic nitrogens is 1. The molecule has 6 nitrogen and oxygen atoms in total. The van der Waals surface area contributed by atoms with E-state index >= 15 is 0 Å². The SMILES string of the molecule is O=C(Cc1ccc2c(c1)NC(=O)CO2)NCc1ccccn1. The highest BCUT2D eigenvalue weighted by Gasteiger charge is 2.16. The summed E-state index contributed by atoms with van der Waals surface area (Å²) in [6, 6.07) is 10.9. The van der Waals surface area contributed by atoms with Crippen molar-refractivity contribution in [3.05, 3.63) is 53.9 Å². The smallest absolute Gasteiger partial charge is 0.262 e. The summed E-state index contributed by atoms with van der Waals surface area (Å²) in [6.07, 6.45) is 1.92. The molecule has 1 aliphatic rings. The predicted molar refractivity (Wildman–Crippen MR) is 80.4 cm³/mol. The molecule has 112 valence electrons. The van der Waals surface area contributed by atoms with Crippen molar-refractivity contribution in [3.8, 4) is 5.75 Å². The van der Waals surface area contributed by atoms with E-state index < -0.39 is 0 Å². The van der Waals surface area contributed by atoms with E-state index in [1.165, 1.54) is 0 Å². The number of amides is 2. The third kappa shape index (κ3) is 3.41. The molecule has 0 bridgehead atoms. The summed E-state index contributed by atoms with van der Waals surface area (Å²) in [7, 11) is 0. The summed E-state index contributed by atoms with van der Waals surface area (Å²) in [5.41, 5.74) is 2.22. The van der Waals surface area contributed by atoms with E-state index in [1.807, 2.05) is 24.3 Å². The van der Waals surface area contributed by atoms with E-state index in [9.17, 15) is 9.59 Å². The number of rotatable bonds is 4. The van der Waals surface area contributed by atoms with E-state index in [2.05, 4.69) is 15.6 Å². The van der Waals surface area contributed by atoms with Gasteiger partial charge in [-0.3, -0.25) is 14.6 Å². The Kier molecular flexibility index (Phi) is 4.00. The zero-order valence-corrected chi connectivity index (χ0v) is 11.8. The van der Waals surface area contributed by atoms with Gasteiger partial charge in [-0.2, -0.15) is 0 Å². The van der Waals surface area contributed by atoms with Crippen LogP contribution in [0.3, 0.4) is 0 Å². The highest BCUT2D eigenvalue weighted by atomic mass is 16.5. The lowest BCUT2D eigenvalue weighted by Crippen LogP contribution is -2.26. The van der Waals surface area contributed by atoms with E-state index in [0.717, 1.165) is 11.3 Å². The Morgan fingerprint density at radius 3 is 3.05 bits per heavy atom. The van der Waals surface area contributed by atoms with Gasteiger partial charge in [0.1, 0.15) is 5.75 Å². The third-order valence-corrected chi connectivity index (χ3v) is 3.23. The van der Waals surface area contributed by atoms with Crippen LogP contribution in [-0.4, -0.2) is 23.4 Å². The Bertz CT molecular complexity index is 701. The Balaban J connectivity index is 1.60. The van der Waals surface area contributed by atoms with Gasteiger partial charge in [-0.25, -0.2) is 0 Å². The third-order valence-electron chi connectivity index (χ3n) is 3.23. The second kappa shape index (κ2) is 6.26. The highest BCUT2D eigenvalue weighted by Crippen LogP contribution is 2.28. The number of hydrogen-bond donors (Lipinski definition) is 2. The number of anilines is 1. The van der Waals surface area contributed by atoms with Gasteiger partial charge in [0, 0.05) is 6.20 Å². The average Bonchev–Trinajstić information content (AvgIpc) is 2.53. The normalized spacial score (nSPS) is 12.8. The zero-order valence-electron chi connectivity index (χ0n) is 11.8. The molecule has 6 heteroatoms. The summed E-state index contributed by atoms with van der Waals surface area (Å²) in [5.74, 6) is 0.329. The number of hydrogen-bond acceptors (Lipinski definition) is 4. The van der Waals surface area contributed by atoms with Crippen molar-refractivity contribution in [2.24, 2.45) is 0 Å². The number of pyridine rings is 1. The summed E-state index contributed by atoms with van der Waals surface area (Å²) in [4.78, 5) is 27.4. The van der Waals surface area contributed by atoms with Crippen LogP contribution in [-0.2, 0) is 22.6 Å². The number of fused-ring (bicyclic) bond motifs is 1. The van der Waals surface area contributed by atoms with Crippen molar-refractivity contribution in [2.75, 3.05) is 11.9 Å². The van der Waals surface area contributed by atoms with Crippen molar-refractivity contribution in [2.45, 2.75) is 13.0 Å². The maximum atomic E-state index is 12.0. The fourth-order valence-electron chi connectivity index (χ4n) is 2.18. The van der Waals surface area contributed by atoms with Crippen molar-refractivity contribution < 1.29 is 14.3 Å². The molecular weight excluding hydrogens is 282 g/mol. The highest BCUT2D eigenvalue weighted by molar-refractivity contribution is 5.95. The topological polar surface area (TPSA) is 80.3 Å². The molecule has 2 heterocycles. The molecule has 2 N–H and O–H groups in total. The van der Waals surface area contributed by atoms with Crippen LogP contribution >= 0.6 is 0 Å². The predicted octanol–water partition coefficient (Wildman–Crippen LogP) is 1.27. The number of carbonyl (C=O) groups excluding carboxylic acids is 2. The van der Waals surface area contributed by atoms with Crippen LogP contribution in [0.2, 0.25) is 0 Å². The zero-order chi connectivity index (χ0) is 15.4. The lowest BCUT2D eigenvalue weighted by atomic mass is 10.1. The molecule has 1 aliphatic heterocycles. The van der Waals surface area contributed by atoms with E-state index in [1.54, 1.807) is 18.3 Å². The number of nitrogens with one attached hydrogen (secondary N) is 2. The molecule has 1 aromatic heterocycles. The molecule has 0 aliphatic carbocycles. The minimum Gasteiger partial charge on any atom is -0.482 e. The molecule has 0 fully saturated rings. The first kappa shape index (κ1) is 14.1. The quantitative estimate of drug-likeness (QED) is 0.890. The van der Waals surface area contributed by atoms with Crippen molar-refractivity contribution >= 4 is 17.5 Å². The minimum atomic E-state index is -0.191. The van der Waals surface area contributed by atoms with Crippen molar-refractivity contribution in [1.29, 1.82) is 0 Å². The van der Waals surface area contributed by atoms with Gasteiger partial charge in [-0.15, -0.1) is 0 Å². The molecule has 0 atom stereocenters. The lowest BCUT2D eigenvalue weighted by Gasteiger charge is -2.18. The van der Waals surface area contributed by atoms with Gasteiger partial charge in [0.2, 0.25) is 5.91 Å². The van der Waals surface area contributed by atoms with Gasteiger partial charge in [-0.1, -0.05) is 12.1 Å². The maximum absolute atomic E-state index is 12.0. The van der Waals surface area contributed by atoms with Crippen LogP contribution in [0.15, 0.2) is 42.6 Å². The maximum Gasteiger partial charge on any atom is 0.262 e. The molecule has 1 aromatic carbocycles. The molecule has 0 saturated heterocycles. The fraction of sp³-hybridized carbons (Fsp3) is 0.188. The average molecular weight is 297 g/mol. The summed E-state index contributed by atoms with van der Waals surface area (Å²) in [5, 5.41) is 5.54. The standard InChI is InChI=1S/C16H15N3O3/c20-15(18-9-12-3-1-2-6-17-12)8-11-4-5-14-13(7-11)19-16(21)10-22-14/h1-7H,8-10H2,(H,18,20)(H,19,21). The Morgan fingerprint density at radius 2 is 2.23 bits per heavy atom. The summed E-state index contributed by atoms with van der Waals surface area (Å²) < 4.78 is 5.28. The van der Waals surface area contributed by atoms with Crippen LogP contribution in [0.4, 0.5) is 5.69 Å². The fourth-order valence-corrected chi connectivity index (χ4v) is 2.18. The van der Waals surface area contributed by atoms with Crippen LogP contribution in [0.5, 0.6) is 5.75 Å². The van der Waals surface area contributed by atoms with Crippen LogP contribution in [0, 0.1) is 0 Å². The Labute approximate surface area is 127 Å². The van der Waals surface area contributed by atoms with Gasteiger partial charge < -0.3 is 15.4 Å². The number of nitrogens with zero attached hydrogens (tertiary/aromatic N) is 1. The van der Waals surface area contributed by atoms with Gasteiger partial charge in [0.25, 0.3) is 5.91 Å². The second-order valence-electron chi connectivity index (χ2n) is 4.94. The van der Waals surface area contributed by atoms with Crippen LogP contribution in [0.25, 0.3) is 0 Å². The lowest BCUT2D eigenvalue weighted by molar-refractivity contribution is -0.120.